The molecular formula is C14H14FNOS. The zero-order valence-electron chi connectivity index (χ0n) is 10.1. The number of ether oxygens (including phenoxy) is 1. The summed E-state index contributed by atoms with van der Waals surface area (Å²) in [5.41, 5.74) is 1.14. The van der Waals surface area contributed by atoms with E-state index in [0.717, 1.165) is 16.3 Å². The molecule has 0 fully saturated rings. The molecule has 0 amide bonds. The number of rotatable bonds is 5. The van der Waals surface area contributed by atoms with Crippen molar-refractivity contribution in [3.05, 3.63) is 54.0 Å². The van der Waals surface area contributed by atoms with Gasteiger partial charge in [0.15, 0.2) is 11.6 Å². The van der Waals surface area contributed by atoms with Gasteiger partial charge in [-0.3, -0.25) is 0 Å². The number of aryl methyl sites for hydroxylation is 1. The smallest absolute Gasteiger partial charge is 0.165 e. The summed E-state index contributed by atoms with van der Waals surface area (Å²) in [5, 5.41) is 0.956. The monoisotopic (exact) mass is 263 g/mol. The molecule has 0 unspecified atom stereocenters. The molecule has 0 bridgehead atoms. The van der Waals surface area contributed by atoms with Crippen LogP contribution in [0, 0.1) is 12.7 Å². The first-order valence-corrected chi connectivity index (χ1v) is 6.67. The molecule has 94 valence electrons. The second kappa shape index (κ2) is 6.40. The minimum atomic E-state index is -0.323. The average Bonchev–Trinajstić information content (AvgIpc) is 2.39. The molecular weight excluding hydrogens is 249 g/mol. The maximum Gasteiger partial charge on any atom is 0.165 e. The lowest BCUT2D eigenvalue weighted by Crippen LogP contribution is -2.01. The van der Waals surface area contributed by atoms with E-state index in [4.69, 9.17) is 4.74 Å². The van der Waals surface area contributed by atoms with Gasteiger partial charge in [0.25, 0.3) is 0 Å². The molecule has 0 aliphatic rings. The van der Waals surface area contributed by atoms with Crippen LogP contribution >= 0.6 is 11.8 Å². The van der Waals surface area contributed by atoms with E-state index in [1.54, 1.807) is 30.0 Å². The van der Waals surface area contributed by atoms with Crippen LogP contribution in [0.4, 0.5) is 4.39 Å². The first-order chi connectivity index (χ1) is 8.75. The number of benzene rings is 1. The van der Waals surface area contributed by atoms with E-state index in [2.05, 4.69) is 4.98 Å². The molecule has 0 spiro atoms. The Kier molecular flexibility index (Phi) is 4.59. The van der Waals surface area contributed by atoms with Crippen molar-refractivity contribution in [3.63, 3.8) is 0 Å². The number of thioether (sulfide) groups is 1. The van der Waals surface area contributed by atoms with Crippen molar-refractivity contribution in [1.29, 1.82) is 0 Å². The van der Waals surface area contributed by atoms with E-state index in [9.17, 15) is 4.39 Å². The van der Waals surface area contributed by atoms with Crippen molar-refractivity contribution in [2.45, 2.75) is 11.9 Å². The Morgan fingerprint density at radius 2 is 2.06 bits per heavy atom. The molecule has 0 radical (unpaired) electrons. The Balaban J connectivity index is 1.76. The highest BCUT2D eigenvalue weighted by Gasteiger charge is 2.01. The lowest BCUT2D eigenvalue weighted by Gasteiger charge is -2.06. The van der Waals surface area contributed by atoms with Gasteiger partial charge < -0.3 is 4.74 Å². The zero-order chi connectivity index (χ0) is 12.8. The van der Waals surface area contributed by atoms with Crippen LogP contribution in [0.1, 0.15) is 5.56 Å². The predicted octanol–water partition coefficient (Wildman–Crippen LogP) is 3.70. The minimum absolute atomic E-state index is 0.301. The van der Waals surface area contributed by atoms with Crippen LogP contribution in [0.25, 0.3) is 0 Å². The first kappa shape index (κ1) is 12.9. The standard InChI is InChI=1S/C14H14FNOS/c1-11-6-7-14(16-10-11)18-9-8-17-13-5-3-2-4-12(13)15/h2-7,10H,8-9H2,1H3. The van der Waals surface area contributed by atoms with Crippen molar-refractivity contribution >= 4 is 11.8 Å². The second-order valence-electron chi connectivity index (χ2n) is 3.80. The van der Waals surface area contributed by atoms with E-state index in [-0.39, 0.29) is 5.82 Å². The molecule has 1 aromatic carbocycles. The lowest BCUT2D eigenvalue weighted by atomic mass is 10.3. The van der Waals surface area contributed by atoms with Crippen LogP contribution in [0.3, 0.4) is 0 Å². The Labute approximate surface area is 110 Å². The number of hydrogen-bond acceptors (Lipinski definition) is 3. The highest BCUT2D eigenvalue weighted by molar-refractivity contribution is 7.99. The maximum absolute atomic E-state index is 13.2. The van der Waals surface area contributed by atoms with Crippen LogP contribution in [0.15, 0.2) is 47.6 Å². The summed E-state index contributed by atoms with van der Waals surface area (Å²) < 4.78 is 18.6. The van der Waals surface area contributed by atoms with Crippen LogP contribution in [-0.2, 0) is 0 Å². The van der Waals surface area contributed by atoms with Crippen LogP contribution < -0.4 is 4.74 Å². The molecule has 2 rings (SSSR count). The molecule has 0 aliphatic carbocycles. The summed E-state index contributed by atoms with van der Waals surface area (Å²) in [6.07, 6.45) is 1.83. The third-order valence-electron chi connectivity index (χ3n) is 2.31. The fraction of sp³-hybridized carbons (Fsp3) is 0.214. The van der Waals surface area contributed by atoms with Gasteiger partial charge in [0, 0.05) is 11.9 Å². The van der Waals surface area contributed by atoms with E-state index in [1.807, 2.05) is 25.3 Å². The molecule has 2 aromatic rings. The maximum atomic E-state index is 13.2. The average molecular weight is 263 g/mol. The second-order valence-corrected chi connectivity index (χ2v) is 4.92. The first-order valence-electron chi connectivity index (χ1n) is 5.68. The number of nitrogens with zero attached hydrogens (tertiary/aromatic N) is 1. The molecule has 0 atom stereocenters. The highest BCUT2D eigenvalue weighted by Crippen LogP contribution is 2.18. The van der Waals surface area contributed by atoms with E-state index < -0.39 is 0 Å². The van der Waals surface area contributed by atoms with Gasteiger partial charge in [-0.15, -0.1) is 11.8 Å². The number of aromatic nitrogens is 1. The van der Waals surface area contributed by atoms with Gasteiger partial charge in [-0.1, -0.05) is 18.2 Å². The van der Waals surface area contributed by atoms with E-state index in [1.165, 1.54) is 6.07 Å². The Bertz CT molecular complexity index is 501. The predicted molar refractivity (Wildman–Crippen MR) is 71.6 cm³/mol. The molecule has 18 heavy (non-hydrogen) atoms. The van der Waals surface area contributed by atoms with Gasteiger partial charge in [0.2, 0.25) is 0 Å². The number of hydrogen-bond donors (Lipinski definition) is 0. The topological polar surface area (TPSA) is 22.1 Å². The fourth-order valence-corrected chi connectivity index (χ4v) is 2.07. The van der Waals surface area contributed by atoms with E-state index >= 15 is 0 Å². The SMILES string of the molecule is Cc1ccc(SCCOc2ccccc2F)nc1. The Hall–Kier alpha value is -1.55. The molecule has 0 saturated heterocycles. The quantitative estimate of drug-likeness (QED) is 0.606. The van der Waals surface area contributed by atoms with Gasteiger partial charge in [0.1, 0.15) is 0 Å². The molecule has 0 saturated carbocycles. The molecule has 4 heteroatoms. The summed E-state index contributed by atoms with van der Waals surface area (Å²) in [6, 6.07) is 10.4. The third-order valence-corrected chi connectivity index (χ3v) is 3.22. The number of halogens is 1. The normalized spacial score (nSPS) is 10.3. The molecule has 2 nitrogen and oxygen atoms in total. The van der Waals surface area contributed by atoms with Gasteiger partial charge in [-0.25, -0.2) is 9.37 Å². The molecule has 1 heterocycles. The highest BCUT2D eigenvalue weighted by atomic mass is 32.2. The lowest BCUT2D eigenvalue weighted by molar-refractivity contribution is 0.325. The van der Waals surface area contributed by atoms with Crippen molar-refractivity contribution in [1.82, 2.24) is 4.98 Å². The van der Waals surface area contributed by atoms with Crippen molar-refractivity contribution in [3.8, 4) is 5.75 Å². The number of para-hydroxylation sites is 1. The molecule has 0 N–H and O–H groups in total. The van der Waals surface area contributed by atoms with Gasteiger partial charge >= 0.3 is 0 Å². The largest absolute Gasteiger partial charge is 0.490 e. The van der Waals surface area contributed by atoms with Gasteiger partial charge in [0.05, 0.1) is 11.6 Å². The van der Waals surface area contributed by atoms with Crippen molar-refractivity contribution in [2.75, 3.05) is 12.4 Å². The fourth-order valence-electron chi connectivity index (χ4n) is 1.40. The van der Waals surface area contributed by atoms with E-state index in [0.29, 0.717) is 12.4 Å². The summed E-state index contributed by atoms with van der Waals surface area (Å²) in [5.74, 6) is 0.718. The van der Waals surface area contributed by atoms with Crippen LogP contribution in [0.2, 0.25) is 0 Å². The van der Waals surface area contributed by atoms with Gasteiger partial charge in [-0.2, -0.15) is 0 Å². The molecule has 1 aromatic heterocycles. The van der Waals surface area contributed by atoms with Crippen molar-refractivity contribution < 1.29 is 9.13 Å². The summed E-state index contributed by atoms with van der Waals surface area (Å²) in [7, 11) is 0. The summed E-state index contributed by atoms with van der Waals surface area (Å²) >= 11 is 1.60. The van der Waals surface area contributed by atoms with Gasteiger partial charge in [-0.05, 0) is 30.7 Å². The van der Waals surface area contributed by atoms with Crippen LogP contribution in [-0.4, -0.2) is 17.3 Å². The molecule has 0 aliphatic heterocycles. The summed E-state index contributed by atoms with van der Waals surface area (Å²) in [4.78, 5) is 4.27. The van der Waals surface area contributed by atoms with Crippen molar-refractivity contribution in [2.24, 2.45) is 0 Å². The van der Waals surface area contributed by atoms with Crippen LogP contribution in [0.5, 0.6) is 5.75 Å². The zero-order valence-corrected chi connectivity index (χ0v) is 10.9. The Morgan fingerprint density at radius 3 is 2.78 bits per heavy atom. The Morgan fingerprint density at radius 1 is 1.22 bits per heavy atom. The minimum Gasteiger partial charge on any atom is -0.490 e. The third kappa shape index (κ3) is 3.74. The number of pyridine rings is 1. The summed E-state index contributed by atoms with van der Waals surface area (Å²) in [6.45, 7) is 2.46.